The van der Waals surface area contributed by atoms with Crippen molar-refractivity contribution in [1.82, 2.24) is 0 Å². The van der Waals surface area contributed by atoms with E-state index in [0.717, 1.165) is 4.90 Å². The number of non-ortho nitro benzene ring substituents is 1. The molecule has 0 heterocycles. The molecular formula is C18H17ClN2O6S. The van der Waals surface area contributed by atoms with Crippen LogP contribution in [0.25, 0.3) is 0 Å². The molecule has 0 spiro atoms. The zero-order valence-electron chi connectivity index (χ0n) is 15.0. The Balaban J connectivity index is 1.93. The molecule has 0 bridgehead atoms. The van der Waals surface area contributed by atoms with Gasteiger partial charge in [0.25, 0.3) is 11.6 Å². The van der Waals surface area contributed by atoms with Crippen molar-refractivity contribution in [2.45, 2.75) is 17.9 Å². The summed E-state index contributed by atoms with van der Waals surface area (Å²) in [6, 6.07) is 10.7. The van der Waals surface area contributed by atoms with Crippen LogP contribution in [-0.4, -0.2) is 35.8 Å². The van der Waals surface area contributed by atoms with Crippen molar-refractivity contribution in [2.24, 2.45) is 0 Å². The minimum absolute atomic E-state index is 0.0133. The van der Waals surface area contributed by atoms with E-state index < -0.39 is 22.9 Å². The summed E-state index contributed by atoms with van der Waals surface area (Å²) in [5, 5.41) is 14.0. The van der Waals surface area contributed by atoms with Crippen molar-refractivity contribution in [3.8, 4) is 5.75 Å². The number of hydrogen-bond donors (Lipinski definition) is 1. The number of ether oxygens (including phenoxy) is 2. The van der Waals surface area contributed by atoms with Crippen LogP contribution in [0.5, 0.6) is 5.75 Å². The maximum Gasteiger partial charge on any atom is 0.317 e. The second kappa shape index (κ2) is 9.95. The Hall–Kier alpha value is -2.78. The maximum atomic E-state index is 12.3. The Bertz CT molecular complexity index is 875. The lowest BCUT2D eigenvalue weighted by Gasteiger charge is -2.15. The number of thioether (sulfide) groups is 1. The first-order valence-corrected chi connectivity index (χ1v) is 9.37. The van der Waals surface area contributed by atoms with Crippen molar-refractivity contribution in [1.29, 1.82) is 0 Å². The van der Waals surface area contributed by atoms with Crippen LogP contribution >= 0.6 is 23.4 Å². The first kappa shape index (κ1) is 21.5. The molecule has 0 saturated carbocycles. The van der Waals surface area contributed by atoms with Crippen LogP contribution in [0.15, 0.2) is 47.4 Å². The van der Waals surface area contributed by atoms with Crippen molar-refractivity contribution in [3.63, 3.8) is 0 Å². The van der Waals surface area contributed by atoms with E-state index in [4.69, 9.17) is 21.1 Å². The van der Waals surface area contributed by atoms with Crippen molar-refractivity contribution < 1.29 is 24.0 Å². The topological polar surface area (TPSA) is 108 Å². The smallest absolute Gasteiger partial charge is 0.317 e. The van der Waals surface area contributed by atoms with E-state index in [1.807, 2.05) is 0 Å². The first-order chi connectivity index (χ1) is 13.3. The van der Waals surface area contributed by atoms with Gasteiger partial charge in [-0.3, -0.25) is 19.7 Å². The summed E-state index contributed by atoms with van der Waals surface area (Å²) in [5.74, 6) is -0.952. The van der Waals surface area contributed by atoms with Gasteiger partial charge in [0.05, 0.1) is 23.5 Å². The summed E-state index contributed by atoms with van der Waals surface area (Å²) in [4.78, 5) is 35.4. The third-order valence-electron chi connectivity index (χ3n) is 3.50. The van der Waals surface area contributed by atoms with Gasteiger partial charge in [0.1, 0.15) is 5.75 Å². The molecule has 148 valence electrons. The second-order valence-electron chi connectivity index (χ2n) is 5.51. The van der Waals surface area contributed by atoms with E-state index >= 15 is 0 Å². The first-order valence-electron chi connectivity index (χ1n) is 8.01. The van der Waals surface area contributed by atoms with E-state index in [1.165, 1.54) is 44.0 Å². The lowest BCUT2D eigenvalue weighted by atomic mass is 10.2. The molecule has 0 saturated heterocycles. The van der Waals surface area contributed by atoms with Crippen LogP contribution in [0.4, 0.5) is 11.4 Å². The van der Waals surface area contributed by atoms with E-state index in [9.17, 15) is 19.7 Å². The van der Waals surface area contributed by atoms with E-state index in [2.05, 4.69) is 5.32 Å². The number of carbonyl (C=O) groups excluding carboxylic acids is 2. The molecule has 1 atom stereocenters. The summed E-state index contributed by atoms with van der Waals surface area (Å²) < 4.78 is 10.2. The van der Waals surface area contributed by atoms with Crippen LogP contribution in [0.3, 0.4) is 0 Å². The quantitative estimate of drug-likeness (QED) is 0.296. The zero-order chi connectivity index (χ0) is 20.7. The summed E-state index contributed by atoms with van der Waals surface area (Å²) >= 11 is 7.05. The van der Waals surface area contributed by atoms with Gasteiger partial charge < -0.3 is 14.8 Å². The summed E-state index contributed by atoms with van der Waals surface area (Å²) in [7, 11) is 1.37. The molecule has 0 radical (unpaired) electrons. The van der Waals surface area contributed by atoms with E-state index in [1.54, 1.807) is 24.3 Å². The monoisotopic (exact) mass is 424 g/mol. The zero-order valence-corrected chi connectivity index (χ0v) is 16.6. The Morgan fingerprint density at radius 2 is 1.93 bits per heavy atom. The summed E-state index contributed by atoms with van der Waals surface area (Å²) in [6.45, 7) is 1.41. The van der Waals surface area contributed by atoms with E-state index in [0.29, 0.717) is 5.02 Å². The maximum absolute atomic E-state index is 12.3. The number of nitro benzene ring substituents is 1. The third-order valence-corrected chi connectivity index (χ3v) is 4.74. The number of anilines is 1. The second-order valence-corrected chi connectivity index (χ2v) is 6.99. The van der Waals surface area contributed by atoms with Crippen LogP contribution in [0.1, 0.15) is 6.92 Å². The van der Waals surface area contributed by atoms with Gasteiger partial charge in [-0.2, -0.15) is 0 Å². The molecule has 0 aliphatic heterocycles. The van der Waals surface area contributed by atoms with Gasteiger partial charge in [0.2, 0.25) is 0 Å². The largest absolute Gasteiger partial charge is 0.495 e. The predicted molar refractivity (Wildman–Crippen MR) is 106 cm³/mol. The average Bonchev–Trinajstić information content (AvgIpc) is 2.67. The molecule has 0 fully saturated rings. The lowest BCUT2D eigenvalue weighted by Crippen LogP contribution is -2.30. The van der Waals surface area contributed by atoms with Crippen LogP contribution in [0, 0.1) is 10.1 Å². The number of benzene rings is 2. The van der Waals surface area contributed by atoms with Crippen molar-refractivity contribution in [2.75, 3.05) is 18.2 Å². The highest BCUT2D eigenvalue weighted by atomic mass is 35.5. The van der Waals surface area contributed by atoms with Gasteiger partial charge in [-0.15, -0.1) is 11.8 Å². The predicted octanol–water partition coefficient (Wildman–Crippen LogP) is 3.92. The van der Waals surface area contributed by atoms with Gasteiger partial charge >= 0.3 is 5.97 Å². The summed E-state index contributed by atoms with van der Waals surface area (Å²) in [5.41, 5.74) is -0.0970. The van der Waals surface area contributed by atoms with E-state index in [-0.39, 0.29) is 22.9 Å². The molecule has 2 aromatic rings. The number of halogens is 1. The van der Waals surface area contributed by atoms with Gasteiger partial charge in [0.15, 0.2) is 6.10 Å². The highest BCUT2D eigenvalue weighted by Gasteiger charge is 2.21. The summed E-state index contributed by atoms with van der Waals surface area (Å²) in [6.07, 6.45) is -1.10. The molecule has 2 aromatic carbocycles. The Labute approximate surface area is 170 Å². The number of hydrogen-bond acceptors (Lipinski definition) is 7. The fourth-order valence-electron chi connectivity index (χ4n) is 2.10. The normalized spacial score (nSPS) is 11.4. The molecule has 2 rings (SSSR count). The highest BCUT2D eigenvalue weighted by molar-refractivity contribution is 8.00. The Kier molecular flexibility index (Phi) is 7.65. The number of nitro groups is 1. The van der Waals surface area contributed by atoms with Crippen LogP contribution in [0.2, 0.25) is 5.02 Å². The highest BCUT2D eigenvalue weighted by Crippen LogP contribution is 2.29. The van der Waals surface area contributed by atoms with Crippen molar-refractivity contribution in [3.05, 3.63) is 57.6 Å². The number of nitrogens with one attached hydrogen (secondary N) is 1. The number of methoxy groups -OCH3 is 1. The number of carbonyl (C=O) groups is 2. The average molecular weight is 425 g/mol. The molecule has 28 heavy (non-hydrogen) atoms. The molecule has 1 unspecified atom stereocenters. The Morgan fingerprint density at radius 1 is 1.25 bits per heavy atom. The number of esters is 1. The molecule has 10 heteroatoms. The fraction of sp³-hybridized carbons (Fsp3) is 0.222. The standard InChI is InChI=1S/C18H17ClN2O6S/c1-11(27-17(22)10-28-14-6-3-12(19)4-7-14)18(23)20-15-9-13(21(24)25)5-8-16(15)26-2/h3-9,11H,10H2,1-2H3,(H,20,23). The molecule has 0 aromatic heterocycles. The number of nitrogens with zero attached hydrogens (tertiary/aromatic N) is 1. The molecule has 8 nitrogen and oxygen atoms in total. The molecule has 1 N–H and O–H groups in total. The van der Waals surface area contributed by atoms with Gasteiger partial charge in [-0.05, 0) is 37.3 Å². The molecule has 0 aliphatic carbocycles. The minimum atomic E-state index is -1.10. The Morgan fingerprint density at radius 3 is 2.54 bits per heavy atom. The van der Waals surface area contributed by atoms with Gasteiger partial charge in [-0.25, -0.2) is 0 Å². The fourth-order valence-corrected chi connectivity index (χ4v) is 2.91. The van der Waals surface area contributed by atoms with Crippen LogP contribution < -0.4 is 10.1 Å². The lowest BCUT2D eigenvalue weighted by molar-refractivity contribution is -0.384. The van der Waals surface area contributed by atoms with Gasteiger partial charge in [-0.1, -0.05) is 11.6 Å². The molecule has 1 amide bonds. The number of rotatable bonds is 8. The minimum Gasteiger partial charge on any atom is -0.495 e. The third kappa shape index (κ3) is 6.14. The molecule has 0 aliphatic rings. The SMILES string of the molecule is COc1ccc([N+](=O)[O-])cc1NC(=O)C(C)OC(=O)CSc1ccc(Cl)cc1. The van der Waals surface area contributed by atoms with Gasteiger partial charge in [0, 0.05) is 22.1 Å². The molecular weight excluding hydrogens is 408 g/mol. The van der Waals surface area contributed by atoms with Crippen molar-refractivity contribution >= 4 is 46.6 Å². The van der Waals surface area contributed by atoms with Crippen LogP contribution in [-0.2, 0) is 14.3 Å². The number of amides is 1.